The monoisotopic (exact) mass is 474 g/mol. The van der Waals surface area contributed by atoms with Crippen LogP contribution in [0.4, 0.5) is 13.2 Å². The van der Waals surface area contributed by atoms with Crippen molar-refractivity contribution < 1.29 is 27.5 Å². The van der Waals surface area contributed by atoms with Gasteiger partial charge in [0, 0.05) is 43.2 Å². The zero-order valence-electron chi connectivity index (χ0n) is 18.9. The lowest BCUT2D eigenvalue weighted by Crippen LogP contribution is -2.32. The Hall–Kier alpha value is -3.43. The van der Waals surface area contributed by atoms with Crippen molar-refractivity contribution in [1.29, 1.82) is 0 Å². The third-order valence-electron chi connectivity index (χ3n) is 5.66. The molecule has 0 saturated heterocycles. The molecule has 3 aromatic rings. The van der Waals surface area contributed by atoms with E-state index in [1.807, 2.05) is 0 Å². The summed E-state index contributed by atoms with van der Waals surface area (Å²) in [5.41, 5.74) is -0.279. The van der Waals surface area contributed by atoms with Crippen LogP contribution >= 0.6 is 0 Å². The summed E-state index contributed by atoms with van der Waals surface area (Å²) in [4.78, 5) is 30.4. The number of hydrogen-bond acceptors (Lipinski definition) is 5. The van der Waals surface area contributed by atoms with Crippen molar-refractivity contribution in [3.8, 4) is 5.75 Å². The van der Waals surface area contributed by atoms with Gasteiger partial charge in [-0.25, -0.2) is 4.98 Å². The Bertz CT molecular complexity index is 1220. The molecule has 0 aliphatic heterocycles. The van der Waals surface area contributed by atoms with Gasteiger partial charge in [0.15, 0.2) is 5.78 Å². The number of nitrogens with zero attached hydrogens (tertiary/aromatic N) is 4. The van der Waals surface area contributed by atoms with Gasteiger partial charge in [0.2, 0.25) is 5.91 Å². The van der Waals surface area contributed by atoms with Gasteiger partial charge in [0.25, 0.3) is 0 Å². The number of Topliss-reactive ketones (excluding diaryl/α,β-unsaturated/α-hetero) is 1. The Morgan fingerprint density at radius 2 is 2.00 bits per heavy atom. The smallest absolute Gasteiger partial charge is 0.433 e. The number of carbonyl (C=O) groups is 2. The van der Waals surface area contributed by atoms with Crippen LogP contribution in [-0.2, 0) is 23.9 Å². The summed E-state index contributed by atoms with van der Waals surface area (Å²) in [6.07, 6.45) is -0.801. The molecule has 1 aromatic carbocycles. The molecule has 2 aromatic heterocycles. The van der Waals surface area contributed by atoms with E-state index in [9.17, 15) is 22.8 Å². The topological polar surface area (TPSA) is 77.3 Å². The first kappa shape index (κ1) is 23.7. The first-order valence-corrected chi connectivity index (χ1v) is 11.1. The second kappa shape index (κ2) is 9.44. The van der Waals surface area contributed by atoms with Crippen molar-refractivity contribution in [1.82, 2.24) is 19.7 Å². The maximum atomic E-state index is 13.0. The zero-order valence-corrected chi connectivity index (χ0v) is 18.9. The number of ether oxygens (including phenoxy) is 1. The number of aromatic nitrogens is 3. The highest BCUT2D eigenvalue weighted by molar-refractivity contribution is 5.97. The molecule has 1 fully saturated rings. The van der Waals surface area contributed by atoms with Crippen LogP contribution in [0.1, 0.15) is 41.5 Å². The van der Waals surface area contributed by atoms with Crippen molar-refractivity contribution in [2.45, 2.75) is 38.9 Å². The fraction of sp³-hybridized carbons (Fsp3) is 0.417. The Morgan fingerprint density at radius 3 is 2.68 bits per heavy atom. The van der Waals surface area contributed by atoms with Crippen LogP contribution in [0.15, 0.2) is 36.5 Å². The number of pyridine rings is 1. The van der Waals surface area contributed by atoms with E-state index in [2.05, 4.69) is 10.1 Å². The summed E-state index contributed by atoms with van der Waals surface area (Å²) >= 11 is 0. The number of benzene rings is 1. The number of halogens is 3. The van der Waals surface area contributed by atoms with Gasteiger partial charge in [-0.1, -0.05) is 6.07 Å². The van der Waals surface area contributed by atoms with Gasteiger partial charge in [-0.05, 0) is 43.9 Å². The number of carbonyl (C=O) groups excluding carboxylic acids is 2. The van der Waals surface area contributed by atoms with Crippen LogP contribution in [-0.4, -0.2) is 51.6 Å². The molecule has 0 spiro atoms. The standard InChI is InChI=1S/C24H25F3N4O3/c1-3-34-21-11-19-17(13-31(29-19)14-23(33)30(2)12-15-7-8-15)9-16(21)10-20(32)18-5-4-6-22(28-18)24(25,26)27/h4-6,9,11,13,15H,3,7-8,10,12,14H2,1-2H3. The highest BCUT2D eigenvalue weighted by Crippen LogP contribution is 2.30. The normalized spacial score (nSPS) is 13.8. The Balaban J connectivity index is 1.56. The van der Waals surface area contributed by atoms with E-state index in [1.165, 1.54) is 6.07 Å². The molecule has 4 rings (SSSR count). The number of rotatable bonds is 9. The van der Waals surface area contributed by atoms with Crippen LogP contribution in [0.3, 0.4) is 0 Å². The van der Waals surface area contributed by atoms with Gasteiger partial charge in [-0.2, -0.15) is 18.3 Å². The quantitative estimate of drug-likeness (QED) is 0.436. The van der Waals surface area contributed by atoms with Crippen molar-refractivity contribution >= 4 is 22.6 Å². The molecular formula is C24H25F3N4O3. The molecule has 2 heterocycles. The van der Waals surface area contributed by atoms with Crippen LogP contribution in [0.5, 0.6) is 5.75 Å². The van der Waals surface area contributed by atoms with Crippen LogP contribution in [0, 0.1) is 5.92 Å². The molecule has 0 unspecified atom stereocenters. The van der Waals surface area contributed by atoms with Gasteiger partial charge in [-0.3, -0.25) is 14.3 Å². The van der Waals surface area contributed by atoms with Gasteiger partial charge >= 0.3 is 6.18 Å². The van der Waals surface area contributed by atoms with E-state index in [0.717, 1.165) is 31.5 Å². The third kappa shape index (κ3) is 5.55. The first-order valence-electron chi connectivity index (χ1n) is 11.1. The first-order chi connectivity index (χ1) is 16.1. The lowest BCUT2D eigenvalue weighted by Gasteiger charge is -2.16. The minimum Gasteiger partial charge on any atom is -0.494 e. The third-order valence-corrected chi connectivity index (χ3v) is 5.66. The number of fused-ring (bicyclic) bond motifs is 1. The Kier molecular flexibility index (Phi) is 6.58. The second-order valence-electron chi connectivity index (χ2n) is 8.50. The lowest BCUT2D eigenvalue weighted by molar-refractivity contribution is -0.141. The number of amides is 1. The number of hydrogen-bond donors (Lipinski definition) is 0. The predicted octanol–water partition coefficient (Wildman–Crippen LogP) is 4.14. The molecular weight excluding hydrogens is 449 g/mol. The molecule has 0 N–H and O–H groups in total. The van der Waals surface area contributed by atoms with E-state index < -0.39 is 17.7 Å². The van der Waals surface area contributed by atoms with Gasteiger partial charge in [0.1, 0.15) is 23.7 Å². The summed E-state index contributed by atoms with van der Waals surface area (Å²) in [7, 11) is 1.78. The average Bonchev–Trinajstić information content (AvgIpc) is 3.51. The minimum atomic E-state index is -4.63. The van der Waals surface area contributed by atoms with Crippen LogP contribution in [0.2, 0.25) is 0 Å². The van der Waals surface area contributed by atoms with Crippen molar-refractivity contribution in [2.24, 2.45) is 5.92 Å². The Morgan fingerprint density at radius 1 is 1.24 bits per heavy atom. The van der Waals surface area contributed by atoms with Crippen LogP contribution in [0.25, 0.3) is 10.9 Å². The van der Waals surface area contributed by atoms with Crippen molar-refractivity contribution in [3.63, 3.8) is 0 Å². The molecule has 1 amide bonds. The molecule has 10 heteroatoms. The molecule has 0 radical (unpaired) electrons. The van der Waals surface area contributed by atoms with Crippen LogP contribution < -0.4 is 4.74 Å². The average molecular weight is 474 g/mol. The molecule has 1 aliphatic rings. The van der Waals surface area contributed by atoms with E-state index in [0.29, 0.717) is 34.7 Å². The van der Waals surface area contributed by atoms with E-state index in [-0.39, 0.29) is 24.6 Å². The van der Waals surface area contributed by atoms with E-state index in [4.69, 9.17) is 4.74 Å². The largest absolute Gasteiger partial charge is 0.494 e. The van der Waals surface area contributed by atoms with Crippen molar-refractivity contribution in [3.05, 3.63) is 53.5 Å². The summed E-state index contributed by atoms with van der Waals surface area (Å²) < 4.78 is 46.1. The summed E-state index contributed by atoms with van der Waals surface area (Å²) in [6.45, 7) is 2.95. The molecule has 34 heavy (non-hydrogen) atoms. The fourth-order valence-corrected chi connectivity index (χ4v) is 3.72. The molecule has 1 saturated carbocycles. The van der Waals surface area contributed by atoms with Gasteiger partial charge < -0.3 is 9.64 Å². The second-order valence-corrected chi connectivity index (χ2v) is 8.50. The van der Waals surface area contributed by atoms with Gasteiger partial charge in [0.05, 0.1) is 12.1 Å². The molecule has 0 atom stereocenters. The van der Waals surface area contributed by atoms with Gasteiger partial charge in [-0.15, -0.1) is 0 Å². The number of alkyl halides is 3. The summed E-state index contributed by atoms with van der Waals surface area (Å²) in [5, 5.41) is 5.15. The SMILES string of the molecule is CCOc1cc2nn(CC(=O)N(C)CC3CC3)cc2cc1CC(=O)c1cccc(C(F)(F)F)n1. The minimum absolute atomic E-state index is 0.0456. The predicted molar refractivity (Wildman–Crippen MR) is 119 cm³/mol. The summed E-state index contributed by atoms with van der Waals surface area (Å²) in [5.74, 6) is 0.398. The molecule has 1 aliphatic carbocycles. The fourth-order valence-electron chi connectivity index (χ4n) is 3.72. The summed E-state index contributed by atoms with van der Waals surface area (Å²) in [6, 6.07) is 6.64. The highest BCUT2D eigenvalue weighted by Gasteiger charge is 2.33. The molecule has 7 nitrogen and oxygen atoms in total. The highest BCUT2D eigenvalue weighted by atomic mass is 19.4. The van der Waals surface area contributed by atoms with E-state index >= 15 is 0 Å². The maximum Gasteiger partial charge on any atom is 0.433 e. The van der Waals surface area contributed by atoms with Crippen molar-refractivity contribution in [2.75, 3.05) is 20.2 Å². The maximum absolute atomic E-state index is 13.0. The lowest BCUT2D eigenvalue weighted by atomic mass is 10.0. The van der Waals surface area contributed by atoms with E-state index in [1.54, 1.807) is 41.9 Å². The molecule has 180 valence electrons. The number of ketones is 1. The molecule has 0 bridgehead atoms. The Labute approximate surface area is 194 Å². The zero-order chi connectivity index (χ0) is 24.5. The number of likely N-dealkylation sites (N-methyl/N-ethyl adjacent to an activating group) is 1.